The lowest BCUT2D eigenvalue weighted by molar-refractivity contribution is -0.0358. The van der Waals surface area contributed by atoms with Gasteiger partial charge in [-0.1, -0.05) is 43.7 Å². The van der Waals surface area contributed by atoms with Gasteiger partial charge < -0.3 is 9.84 Å². The Labute approximate surface area is 146 Å². The van der Waals surface area contributed by atoms with Crippen LogP contribution in [0.2, 0.25) is 0 Å². The normalized spacial score (nSPS) is 27.4. The number of nitrogens with zero attached hydrogens (tertiary/aromatic N) is 2. The van der Waals surface area contributed by atoms with Crippen LogP contribution in [0.4, 0.5) is 0 Å². The molecular weight excluding hydrogens is 300 g/mol. The van der Waals surface area contributed by atoms with Gasteiger partial charge in [0.2, 0.25) is 0 Å². The highest BCUT2D eigenvalue weighted by Crippen LogP contribution is 2.27. The molecule has 0 spiro atoms. The van der Waals surface area contributed by atoms with Crippen molar-refractivity contribution in [3.8, 4) is 0 Å². The first-order valence-electron chi connectivity index (χ1n) is 9.49. The number of benzene rings is 1. The monoisotopic (exact) mass is 332 g/mol. The van der Waals surface area contributed by atoms with Gasteiger partial charge in [0.15, 0.2) is 0 Å². The average molecular weight is 332 g/mol. The minimum atomic E-state index is -0.363. The third-order valence-corrected chi connectivity index (χ3v) is 5.47. The fourth-order valence-electron chi connectivity index (χ4n) is 3.92. The Morgan fingerprint density at radius 1 is 1.08 bits per heavy atom. The number of aliphatic hydroxyl groups is 1. The standard InChI is InChI=1S/C20H32N2O2/c1-17-6-5-9-20(17)24-16-19(23)15-22-12-10-21(11-13-22)14-18-7-3-2-4-8-18/h2-4,7-8,17,19-20,23H,5-6,9-16H2,1H3/t17-,19+,20+/m1/s1. The number of β-amino-alcohol motifs (C(OH)–C–C–N with tert-alkyl or cyclic N) is 1. The molecular formula is C20H32N2O2. The lowest BCUT2D eigenvalue weighted by Crippen LogP contribution is -2.48. The molecule has 1 saturated carbocycles. The zero-order chi connectivity index (χ0) is 16.8. The van der Waals surface area contributed by atoms with Gasteiger partial charge in [-0.15, -0.1) is 0 Å². The highest BCUT2D eigenvalue weighted by atomic mass is 16.5. The summed E-state index contributed by atoms with van der Waals surface area (Å²) in [5.74, 6) is 0.652. The van der Waals surface area contributed by atoms with E-state index in [0.29, 0.717) is 18.6 Å². The summed E-state index contributed by atoms with van der Waals surface area (Å²) in [5.41, 5.74) is 1.38. The van der Waals surface area contributed by atoms with Crippen LogP contribution in [-0.4, -0.2) is 66.4 Å². The van der Waals surface area contributed by atoms with Crippen LogP contribution >= 0.6 is 0 Å². The first-order valence-corrected chi connectivity index (χ1v) is 9.49. The van der Waals surface area contributed by atoms with Gasteiger partial charge in [0.05, 0.1) is 18.8 Å². The predicted molar refractivity (Wildman–Crippen MR) is 96.9 cm³/mol. The number of ether oxygens (including phenoxy) is 1. The Morgan fingerprint density at radius 3 is 2.46 bits per heavy atom. The van der Waals surface area contributed by atoms with Gasteiger partial charge >= 0.3 is 0 Å². The summed E-state index contributed by atoms with van der Waals surface area (Å²) in [6, 6.07) is 10.7. The largest absolute Gasteiger partial charge is 0.389 e. The molecule has 2 fully saturated rings. The van der Waals surface area contributed by atoms with E-state index in [-0.39, 0.29) is 6.10 Å². The van der Waals surface area contributed by atoms with Gasteiger partial charge in [0.25, 0.3) is 0 Å². The Bertz CT molecular complexity index is 474. The van der Waals surface area contributed by atoms with E-state index in [1.54, 1.807) is 0 Å². The molecule has 1 aliphatic carbocycles. The van der Waals surface area contributed by atoms with Crippen molar-refractivity contribution < 1.29 is 9.84 Å². The van der Waals surface area contributed by atoms with Crippen LogP contribution in [0.15, 0.2) is 30.3 Å². The van der Waals surface area contributed by atoms with E-state index in [0.717, 1.165) is 45.7 Å². The topological polar surface area (TPSA) is 35.9 Å². The molecule has 1 N–H and O–H groups in total. The maximum atomic E-state index is 10.3. The van der Waals surface area contributed by atoms with E-state index >= 15 is 0 Å². The molecule has 0 amide bonds. The third-order valence-electron chi connectivity index (χ3n) is 5.47. The summed E-state index contributed by atoms with van der Waals surface area (Å²) in [4.78, 5) is 4.86. The minimum Gasteiger partial charge on any atom is -0.389 e. The van der Waals surface area contributed by atoms with Crippen LogP contribution in [0.5, 0.6) is 0 Å². The van der Waals surface area contributed by atoms with Crippen LogP contribution in [-0.2, 0) is 11.3 Å². The molecule has 0 unspecified atom stereocenters. The molecule has 0 radical (unpaired) electrons. The zero-order valence-corrected chi connectivity index (χ0v) is 14.9. The second-order valence-electron chi connectivity index (χ2n) is 7.50. The van der Waals surface area contributed by atoms with Crippen LogP contribution < -0.4 is 0 Å². The lowest BCUT2D eigenvalue weighted by Gasteiger charge is -2.35. The van der Waals surface area contributed by atoms with Gasteiger partial charge in [-0.25, -0.2) is 0 Å². The van der Waals surface area contributed by atoms with Crippen molar-refractivity contribution in [3.05, 3.63) is 35.9 Å². The maximum absolute atomic E-state index is 10.3. The van der Waals surface area contributed by atoms with Crippen molar-refractivity contribution in [3.63, 3.8) is 0 Å². The van der Waals surface area contributed by atoms with Gasteiger partial charge in [0, 0.05) is 39.3 Å². The third kappa shape index (κ3) is 5.28. The quantitative estimate of drug-likeness (QED) is 0.832. The van der Waals surface area contributed by atoms with Crippen LogP contribution in [0.25, 0.3) is 0 Å². The van der Waals surface area contributed by atoms with Gasteiger partial charge in [-0.2, -0.15) is 0 Å². The molecule has 3 atom stereocenters. The fraction of sp³-hybridized carbons (Fsp3) is 0.700. The SMILES string of the molecule is C[C@@H]1CCC[C@@H]1OC[C@@H](O)CN1CCN(Cc2ccccc2)CC1. The van der Waals surface area contributed by atoms with Gasteiger partial charge in [0.1, 0.15) is 0 Å². The number of rotatable bonds is 7. The highest BCUT2D eigenvalue weighted by Gasteiger charge is 2.25. The molecule has 3 rings (SSSR count). The molecule has 2 aliphatic rings. The molecule has 4 nitrogen and oxygen atoms in total. The van der Waals surface area contributed by atoms with E-state index in [1.807, 2.05) is 0 Å². The smallest absolute Gasteiger partial charge is 0.0900 e. The second-order valence-corrected chi connectivity index (χ2v) is 7.50. The second kappa shape index (κ2) is 8.95. The summed E-state index contributed by atoms with van der Waals surface area (Å²) in [7, 11) is 0. The number of hydrogen-bond acceptors (Lipinski definition) is 4. The first-order chi connectivity index (χ1) is 11.7. The summed E-state index contributed by atoms with van der Waals surface area (Å²) >= 11 is 0. The molecule has 1 heterocycles. The van der Waals surface area contributed by atoms with E-state index in [2.05, 4.69) is 47.1 Å². The summed E-state index contributed by atoms with van der Waals surface area (Å²) in [5, 5.41) is 10.3. The molecule has 24 heavy (non-hydrogen) atoms. The average Bonchev–Trinajstić information content (AvgIpc) is 3.01. The van der Waals surface area contributed by atoms with Crippen molar-refractivity contribution in [2.45, 2.75) is 44.9 Å². The van der Waals surface area contributed by atoms with Crippen molar-refractivity contribution >= 4 is 0 Å². The molecule has 0 aromatic heterocycles. The van der Waals surface area contributed by atoms with Crippen LogP contribution in [0.1, 0.15) is 31.7 Å². The molecule has 1 aromatic carbocycles. The van der Waals surface area contributed by atoms with Crippen molar-refractivity contribution in [1.29, 1.82) is 0 Å². The summed E-state index contributed by atoms with van der Waals surface area (Å²) < 4.78 is 5.93. The molecule has 0 bridgehead atoms. The van der Waals surface area contributed by atoms with E-state index in [1.165, 1.54) is 18.4 Å². The number of aliphatic hydroxyl groups excluding tert-OH is 1. The van der Waals surface area contributed by atoms with E-state index < -0.39 is 0 Å². The maximum Gasteiger partial charge on any atom is 0.0900 e. The zero-order valence-electron chi connectivity index (χ0n) is 14.9. The van der Waals surface area contributed by atoms with Gasteiger partial charge in [-0.05, 0) is 24.3 Å². The fourth-order valence-corrected chi connectivity index (χ4v) is 3.92. The van der Waals surface area contributed by atoms with E-state index in [4.69, 9.17) is 4.74 Å². The number of piperazine rings is 1. The Balaban J connectivity index is 1.33. The Hall–Kier alpha value is -0.940. The first kappa shape index (κ1) is 17.9. The molecule has 1 aromatic rings. The van der Waals surface area contributed by atoms with Crippen molar-refractivity contribution in [1.82, 2.24) is 9.80 Å². The molecule has 1 saturated heterocycles. The minimum absolute atomic E-state index is 0.363. The molecule has 1 aliphatic heterocycles. The van der Waals surface area contributed by atoms with Crippen molar-refractivity contribution in [2.75, 3.05) is 39.3 Å². The van der Waals surface area contributed by atoms with Crippen molar-refractivity contribution in [2.24, 2.45) is 5.92 Å². The Kier molecular flexibility index (Phi) is 6.67. The molecule has 134 valence electrons. The highest BCUT2D eigenvalue weighted by molar-refractivity contribution is 5.14. The van der Waals surface area contributed by atoms with Crippen LogP contribution in [0, 0.1) is 5.92 Å². The number of hydrogen-bond donors (Lipinski definition) is 1. The van der Waals surface area contributed by atoms with Crippen LogP contribution in [0.3, 0.4) is 0 Å². The molecule has 4 heteroatoms. The Morgan fingerprint density at radius 2 is 1.79 bits per heavy atom. The summed E-state index contributed by atoms with van der Waals surface area (Å²) in [6.45, 7) is 8.72. The lowest BCUT2D eigenvalue weighted by atomic mass is 10.1. The summed E-state index contributed by atoms with van der Waals surface area (Å²) in [6.07, 6.45) is 3.70. The predicted octanol–water partition coefficient (Wildman–Crippen LogP) is 2.37. The van der Waals surface area contributed by atoms with Gasteiger partial charge in [-0.3, -0.25) is 9.80 Å². The van der Waals surface area contributed by atoms with E-state index in [9.17, 15) is 5.11 Å².